The van der Waals surface area contributed by atoms with Gasteiger partial charge >= 0.3 is 6.03 Å². The molecule has 10 nitrogen and oxygen atoms in total. The highest BCUT2D eigenvalue weighted by atomic mass is 16.5. The normalized spacial score (nSPS) is 19.9. The van der Waals surface area contributed by atoms with Crippen LogP contribution in [0.5, 0.6) is 11.5 Å². The average molecular weight is 521 g/mol. The van der Waals surface area contributed by atoms with E-state index < -0.39 is 0 Å². The lowest BCUT2D eigenvalue weighted by Crippen LogP contribution is -2.47. The molecule has 2 saturated heterocycles. The third-order valence-electron chi connectivity index (χ3n) is 7.37. The second kappa shape index (κ2) is 12.3. The Kier molecular flexibility index (Phi) is 8.37. The molecular weight excluding hydrogens is 484 g/mol. The molecule has 0 bridgehead atoms. The zero-order valence-corrected chi connectivity index (χ0v) is 22.0. The Bertz CT molecular complexity index is 1140. The van der Waals surface area contributed by atoms with Crippen LogP contribution in [0.2, 0.25) is 0 Å². The van der Waals surface area contributed by atoms with Crippen LogP contribution in [-0.2, 0) is 4.79 Å². The molecule has 1 saturated carbocycles. The van der Waals surface area contributed by atoms with E-state index >= 15 is 0 Å². The molecule has 202 valence electrons. The molecule has 0 spiro atoms. The quantitative estimate of drug-likeness (QED) is 0.289. The number of unbranched alkanes of at least 4 members (excludes halogenated alkanes) is 1. The first-order valence-electron chi connectivity index (χ1n) is 13.5. The highest BCUT2D eigenvalue weighted by Crippen LogP contribution is 2.33. The number of benzene rings is 1. The van der Waals surface area contributed by atoms with Crippen LogP contribution in [0.15, 0.2) is 42.4 Å². The molecule has 1 aromatic heterocycles. The molecule has 0 atom stereocenters. The van der Waals surface area contributed by atoms with Gasteiger partial charge in [0.25, 0.3) is 5.91 Å². The third-order valence-corrected chi connectivity index (χ3v) is 7.37. The van der Waals surface area contributed by atoms with Gasteiger partial charge in [-0.05, 0) is 74.9 Å². The molecular formula is C28H36N6O4. The van der Waals surface area contributed by atoms with Crippen LogP contribution in [0.1, 0.15) is 44.1 Å². The van der Waals surface area contributed by atoms with Crippen LogP contribution < -0.4 is 19.7 Å². The summed E-state index contributed by atoms with van der Waals surface area (Å²) in [6, 6.07) is 7.02. The molecule has 1 N–H and O–H groups in total. The zero-order chi connectivity index (χ0) is 26.3. The molecule has 10 heteroatoms. The van der Waals surface area contributed by atoms with Crippen molar-refractivity contribution in [3.05, 3.63) is 47.9 Å². The summed E-state index contributed by atoms with van der Waals surface area (Å²) in [5.41, 5.74) is 1.07. The maximum atomic E-state index is 13.0. The zero-order valence-electron chi connectivity index (χ0n) is 22.0. The number of amides is 3. The standard InChI is InChI=1S/C28H36N6O4/c1-37-24-10-9-21(20-25(24)38-22-7-2-3-8-22)19-23-26(35)34(28(36)31-23)14-5-4-13-32-15-17-33(18-16-32)27-29-11-6-12-30-27/h6,9-12,19-20,22H,2-5,7-8,13-18H2,1H3,(H,31,36)/b23-19-. The summed E-state index contributed by atoms with van der Waals surface area (Å²) in [5, 5.41) is 2.73. The summed E-state index contributed by atoms with van der Waals surface area (Å²) in [4.78, 5) is 40.1. The lowest BCUT2D eigenvalue weighted by Gasteiger charge is -2.34. The van der Waals surface area contributed by atoms with Crippen LogP contribution in [0.25, 0.3) is 6.08 Å². The van der Waals surface area contributed by atoms with Crippen molar-refractivity contribution < 1.29 is 19.1 Å². The number of methoxy groups -OCH3 is 1. The van der Waals surface area contributed by atoms with Gasteiger partial charge in [0.15, 0.2) is 11.5 Å². The Balaban J connectivity index is 1.10. The Morgan fingerprint density at radius 3 is 2.47 bits per heavy atom. The Hall–Kier alpha value is -3.66. The lowest BCUT2D eigenvalue weighted by molar-refractivity contribution is -0.122. The van der Waals surface area contributed by atoms with Crippen molar-refractivity contribution in [1.82, 2.24) is 25.1 Å². The first-order valence-corrected chi connectivity index (χ1v) is 13.5. The van der Waals surface area contributed by atoms with Gasteiger partial charge in [-0.1, -0.05) is 6.07 Å². The number of ether oxygens (including phenoxy) is 2. The van der Waals surface area contributed by atoms with Gasteiger partial charge in [0.05, 0.1) is 13.2 Å². The second-order valence-electron chi connectivity index (χ2n) is 9.96. The highest BCUT2D eigenvalue weighted by Gasteiger charge is 2.33. The summed E-state index contributed by atoms with van der Waals surface area (Å²) in [5.74, 6) is 1.82. The van der Waals surface area contributed by atoms with Crippen molar-refractivity contribution in [2.75, 3.05) is 51.3 Å². The van der Waals surface area contributed by atoms with Crippen molar-refractivity contribution in [3.8, 4) is 11.5 Å². The summed E-state index contributed by atoms with van der Waals surface area (Å²) in [6.07, 6.45) is 11.5. The molecule has 3 heterocycles. The summed E-state index contributed by atoms with van der Waals surface area (Å²) in [6.45, 7) is 5.02. The second-order valence-corrected chi connectivity index (χ2v) is 9.96. The van der Waals surface area contributed by atoms with E-state index in [1.54, 1.807) is 25.6 Å². The van der Waals surface area contributed by atoms with E-state index in [9.17, 15) is 9.59 Å². The fraction of sp³-hybridized carbons (Fsp3) is 0.500. The van der Waals surface area contributed by atoms with Gasteiger partial charge in [-0.15, -0.1) is 0 Å². The van der Waals surface area contributed by atoms with Crippen LogP contribution in [0.3, 0.4) is 0 Å². The van der Waals surface area contributed by atoms with Crippen molar-refractivity contribution in [3.63, 3.8) is 0 Å². The molecule has 2 aromatic rings. The highest BCUT2D eigenvalue weighted by molar-refractivity contribution is 6.13. The van der Waals surface area contributed by atoms with Gasteiger partial charge in [-0.25, -0.2) is 14.8 Å². The first-order chi connectivity index (χ1) is 18.6. The molecule has 1 aliphatic carbocycles. The van der Waals surface area contributed by atoms with Gasteiger partial charge in [0.1, 0.15) is 5.70 Å². The molecule has 2 aliphatic heterocycles. The molecule has 3 aliphatic rings. The number of hydrogen-bond donors (Lipinski definition) is 1. The number of piperazine rings is 1. The molecule has 0 unspecified atom stereocenters. The van der Waals surface area contributed by atoms with Gasteiger partial charge in [0.2, 0.25) is 5.95 Å². The minimum atomic E-state index is -0.367. The average Bonchev–Trinajstić information content (AvgIpc) is 3.55. The largest absolute Gasteiger partial charge is 0.493 e. The van der Waals surface area contributed by atoms with Gasteiger partial charge in [-0.2, -0.15) is 0 Å². The third kappa shape index (κ3) is 6.24. The number of urea groups is 1. The maximum Gasteiger partial charge on any atom is 0.329 e. The Morgan fingerprint density at radius 1 is 1.00 bits per heavy atom. The number of rotatable bonds is 10. The molecule has 3 fully saturated rings. The van der Waals surface area contributed by atoms with Crippen LogP contribution in [-0.4, -0.2) is 84.2 Å². The van der Waals surface area contributed by atoms with E-state index in [4.69, 9.17) is 9.47 Å². The monoisotopic (exact) mass is 520 g/mol. The molecule has 38 heavy (non-hydrogen) atoms. The number of carbonyl (C=O) groups is 2. The number of carbonyl (C=O) groups excluding carboxylic acids is 2. The number of anilines is 1. The summed E-state index contributed by atoms with van der Waals surface area (Å²) < 4.78 is 11.6. The van der Waals surface area contributed by atoms with Crippen LogP contribution in [0.4, 0.5) is 10.7 Å². The van der Waals surface area contributed by atoms with Crippen molar-refractivity contribution >= 4 is 24.0 Å². The first kappa shape index (κ1) is 26.0. The van der Waals surface area contributed by atoms with E-state index in [2.05, 4.69) is 25.1 Å². The molecule has 5 rings (SSSR count). The predicted octanol–water partition coefficient (Wildman–Crippen LogP) is 3.30. The Labute approximate surface area is 223 Å². The SMILES string of the molecule is COc1ccc(/C=C2\NC(=O)N(CCCCN3CCN(c4ncccn4)CC3)C2=O)cc1OC1CCCC1. The van der Waals surface area contributed by atoms with E-state index in [1.807, 2.05) is 24.3 Å². The van der Waals surface area contributed by atoms with Gasteiger partial charge in [0, 0.05) is 45.1 Å². The van der Waals surface area contributed by atoms with Crippen LogP contribution in [0, 0.1) is 0 Å². The number of hydrogen-bond acceptors (Lipinski definition) is 8. The summed E-state index contributed by atoms with van der Waals surface area (Å²) in [7, 11) is 1.62. The fourth-order valence-corrected chi connectivity index (χ4v) is 5.23. The minimum absolute atomic E-state index is 0.192. The number of imide groups is 1. The van der Waals surface area contributed by atoms with Gasteiger partial charge < -0.3 is 19.7 Å². The van der Waals surface area contributed by atoms with Crippen molar-refractivity contribution in [1.29, 1.82) is 0 Å². The van der Waals surface area contributed by atoms with Crippen LogP contribution >= 0.6 is 0 Å². The number of nitrogens with zero attached hydrogens (tertiary/aromatic N) is 5. The fourth-order valence-electron chi connectivity index (χ4n) is 5.23. The van der Waals surface area contributed by atoms with E-state index in [-0.39, 0.29) is 23.7 Å². The molecule has 1 aromatic carbocycles. The molecule has 3 amide bonds. The predicted molar refractivity (Wildman–Crippen MR) is 144 cm³/mol. The van der Waals surface area contributed by atoms with E-state index in [1.165, 1.54) is 17.7 Å². The van der Waals surface area contributed by atoms with Crippen molar-refractivity contribution in [2.45, 2.75) is 44.6 Å². The lowest BCUT2D eigenvalue weighted by atomic mass is 10.1. The van der Waals surface area contributed by atoms with E-state index in [0.717, 1.165) is 69.9 Å². The summed E-state index contributed by atoms with van der Waals surface area (Å²) >= 11 is 0. The molecule has 0 radical (unpaired) electrons. The smallest absolute Gasteiger partial charge is 0.329 e. The number of aromatic nitrogens is 2. The Morgan fingerprint density at radius 2 is 1.74 bits per heavy atom. The maximum absolute atomic E-state index is 13.0. The topological polar surface area (TPSA) is 100 Å². The van der Waals surface area contributed by atoms with E-state index in [0.29, 0.717) is 18.0 Å². The number of nitrogens with one attached hydrogen (secondary N) is 1. The minimum Gasteiger partial charge on any atom is -0.493 e. The van der Waals surface area contributed by atoms with Crippen molar-refractivity contribution in [2.24, 2.45) is 0 Å². The van der Waals surface area contributed by atoms with Gasteiger partial charge in [-0.3, -0.25) is 14.6 Å².